The van der Waals surface area contributed by atoms with E-state index in [-0.39, 0.29) is 6.03 Å². The second-order valence-corrected chi connectivity index (χ2v) is 6.26. The number of carbonyl (C=O) groups is 1. The quantitative estimate of drug-likeness (QED) is 0.713. The molecule has 0 atom stereocenters. The van der Waals surface area contributed by atoms with Gasteiger partial charge < -0.3 is 10.2 Å². The number of nitrogens with zero attached hydrogens (tertiary/aromatic N) is 5. The molecule has 2 heterocycles. The maximum absolute atomic E-state index is 12.4. The van der Waals surface area contributed by atoms with Crippen LogP contribution in [0.4, 0.5) is 10.5 Å². The first-order chi connectivity index (χ1) is 12.5. The van der Waals surface area contributed by atoms with Gasteiger partial charge in [0, 0.05) is 25.0 Å². The van der Waals surface area contributed by atoms with E-state index in [2.05, 4.69) is 25.6 Å². The zero-order chi connectivity index (χ0) is 18.5. The molecule has 0 aliphatic carbocycles. The predicted octanol–water partition coefficient (Wildman–Crippen LogP) is 2.70. The van der Waals surface area contributed by atoms with E-state index >= 15 is 0 Å². The van der Waals surface area contributed by atoms with E-state index in [1.54, 1.807) is 23.0 Å². The first-order valence-corrected chi connectivity index (χ1v) is 8.52. The molecular formula is C18H23N7O. The predicted molar refractivity (Wildman–Crippen MR) is 99.4 cm³/mol. The van der Waals surface area contributed by atoms with E-state index < -0.39 is 0 Å². The summed E-state index contributed by atoms with van der Waals surface area (Å²) in [5.41, 5.74) is 4.92. The topological polar surface area (TPSA) is 91.7 Å². The minimum absolute atomic E-state index is 0.138. The molecule has 8 heteroatoms. The molecule has 0 saturated carbocycles. The van der Waals surface area contributed by atoms with E-state index in [1.807, 2.05) is 38.1 Å². The summed E-state index contributed by atoms with van der Waals surface area (Å²) < 4.78 is 1.65. The molecule has 0 unspecified atom stereocenters. The van der Waals surface area contributed by atoms with Crippen molar-refractivity contribution in [2.24, 2.45) is 0 Å². The van der Waals surface area contributed by atoms with Gasteiger partial charge in [0.25, 0.3) is 0 Å². The van der Waals surface area contributed by atoms with Crippen LogP contribution >= 0.6 is 0 Å². The zero-order valence-electron chi connectivity index (χ0n) is 15.2. The Morgan fingerprint density at radius 1 is 1.35 bits per heavy atom. The largest absolute Gasteiger partial charge is 0.328 e. The molecule has 0 saturated heterocycles. The van der Waals surface area contributed by atoms with Crippen molar-refractivity contribution in [3.63, 3.8) is 0 Å². The van der Waals surface area contributed by atoms with E-state index in [0.717, 1.165) is 35.6 Å². The number of anilines is 1. The van der Waals surface area contributed by atoms with Gasteiger partial charge in [0.1, 0.15) is 12.7 Å². The third-order valence-electron chi connectivity index (χ3n) is 4.33. The Balaban J connectivity index is 1.53. The summed E-state index contributed by atoms with van der Waals surface area (Å²) in [5.74, 6) is 0. The lowest BCUT2D eigenvalue weighted by Crippen LogP contribution is -2.32. The maximum atomic E-state index is 12.4. The molecule has 8 nitrogen and oxygen atoms in total. The van der Waals surface area contributed by atoms with Crippen molar-refractivity contribution in [2.75, 3.05) is 18.9 Å². The number of urea groups is 1. The standard InChI is InChI=1S/C18H23N7O/c1-13-17(14(2)23-22-13)8-5-9-24(3)18(26)21-15-6-4-7-16(10-15)25-12-19-11-20-25/h4,6-7,10-12H,5,8-9H2,1-3H3,(H,21,26)(H,22,23). The summed E-state index contributed by atoms with van der Waals surface area (Å²) >= 11 is 0. The number of H-pyrrole nitrogens is 1. The summed E-state index contributed by atoms with van der Waals surface area (Å²) in [6, 6.07) is 7.35. The van der Waals surface area contributed by atoms with E-state index in [4.69, 9.17) is 0 Å². The molecule has 0 fully saturated rings. The lowest BCUT2D eigenvalue weighted by atomic mass is 10.1. The van der Waals surface area contributed by atoms with Crippen LogP contribution in [0.25, 0.3) is 5.69 Å². The Morgan fingerprint density at radius 2 is 2.19 bits per heavy atom. The number of carbonyl (C=O) groups excluding carboxylic acids is 1. The zero-order valence-corrected chi connectivity index (χ0v) is 15.2. The van der Waals surface area contributed by atoms with Crippen LogP contribution in [0, 0.1) is 13.8 Å². The van der Waals surface area contributed by atoms with Crippen molar-refractivity contribution >= 4 is 11.7 Å². The summed E-state index contributed by atoms with van der Waals surface area (Å²) in [4.78, 5) is 18.0. The van der Waals surface area contributed by atoms with Gasteiger partial charge in [0.2, 0.25) is 0 Å². The fourth-order valence-corrected chi connectivity index (χ4v) is 2.82. The van der Waals surface area contributed by atoms with Gasteiger partial charge in [0.05, 0.1) is 11.4 Å². The highest BCUT2D eigenvalue weighted by molar-refractivity contribution is 5.89. The van der Waals surface area contributed by atoms with E-state index in [1.165, 1.54) is 11.9 Å². The van der Waals surface area contributed by atoms with Crippen LogP contribution in [0.15, 0.2) is 36.9 Å². The van der Waals surface area contributed by atoms with Crippen molar-refractivity contribution in [3.8, 4) is 5.69 Å². The van der Waals surface area contributed by atoms with E-state index in [0.29, 0.717) is 6.54 Å². The second-order valence-electron chi connectivity index (χ2n) is 6.26. The molecule has 3 aromatic rings. The molecule has 2 N–H and O–H groups in total. The molecule has 0 radical (unpaired) electrons. The van der Waals surface area contributed by atoms with Crippen molar-refractivity contribution in [2.45, 2.75) is 26.7 Å². The van der Waals surface area contributed by atoms with Crippen LogP contribution in [0.3, 0.4) is 0 Å². The van der Waals surface area contributed by atoms with Gasteiger partial charge in [-0.25, -0.2) is 14.5 Å². The lowest BCUT2D eigenvalue weighted by Gasteiger charge is -2.18. The number of aromatic nitrogens is 5. The van der Waals surface area contributed by atoms with Crippen LogP contribution in [0.1, 0.15) is 23.4 Å². The Bertz CT molecular complexity index is 850. The van der Waals surface area contributed by atoms with Gasteiger partial charge in [0.15, 0.2) is 0 Å². The normalized spacial score (nSPS) is 10.7. The van der Waals surface area contributed by atoms with Crippen LogP contribution < -0.4 is 5.32 Å². The van der Waals surface area contributed by atoms with Crippen LogP contribution in [0.5, 0.6) is 0 Å². The number of aromatic amines is 1. The SMILES string of the molecule is Cc1n[nH]c(C)c1CCCN(C)C(=O)Nc1cccc(-n2cncn2)c1. The van der Waals surface area contributed by atoms with Gasteiger partial charge >= 0.3 is 6.03 Å². The van der Waals surface area contributed by atoms with Gasteiger partial charge in [-0.3, -0.25) is 5.10 Å². The minimum atomic E-state index is -0.138. The first kappa shape index (κ1) is 17.7. The summed E-state index contributed by atoms with van der Waals surface area (Å²) in [7, 11) is 1.80. The molecule has 136 valence electrons. The number of aryl methyl sites for hydroxylation is 2. The van der Waals surface area contributed by atoms with Crippen LogP contribution in [-0.2, 0) is 6.42 Å². The molecule has 0 bridgehead atoms. The third kappa shape index (κ3) is 4.08. The smallest absolute Gasteiger partial charge is 0.321 e. The number of rotatable bonds is 6. The molecule has 0 aliphatic heterocycles. The number of amides is 2. The Hall–Kier alpha value is -3.16. The molecule has 2 amide bonds. The molecular weight excluding hydrogens is 330 g/mol. The lowest BCUT2D eigenvalue weighted by molar-refractivity contribution is 0.222. The fraction of sp³-hybridized carbons (Fsp3) is 0.333. The number of hydrogen-bond donors (Lipinski definition) is 2. The maximum Gasteiger partial charge on any atom is 0.321 e. The van der Waals surface area contributed by atoms with Crippen molar-refractivity contribution in [1.29, 1.82) is 0 Å². The summed E-state index contributed by atoms with van der Waals surface area (Å²) in [6.45, 7) is 4.68. The molecule has 0 spiro atoms. The van der Waals surface area contributed by atoms with Crippen molar-refractivity contribution < 1.29 is 4.79 Å². The number of benzene rings is 1. The van der Waals surface area contributed by atoms with Gasteiger partial charge in [-0.05, 0) is 50.5 Å². The molecule has 2 aromatic heterocycles. The Kier molecular flexibility index (Phi) is 5.31. The second kappa shape index (κ2) is 7.81. The third-order valence-corrected chi connectivity index (χ3v) is 4.33. The van der Waals surface area contributed by atoms with Gasteiger partial charge in [-0.2, -0.15) is 10.2 Å². The Morgan fingerprint density at radius 3 is 2.88 bits per heavy atom. The van der Waals surface area contributed by atoms with Gasteiger partial charge in [-0.15, -0.1) is 0 Å². The number of hydrogen-bond acceptors (Lipinski definition) is 4. The molecule has 1 aromatic carbocycles. The highest BCUT2D eigenvalue weighted by Gasteiger charge is 2.11. The molecule has 3 rings (SSSR count). The Labute approximate surface area is 152 Å². The first-order valence-electron chi connectivity index (χ1n) is 8.52. The van der Waals surface area contributed by atoms with E-state index in [9.17, 15) is 4.79 Å². The number of nitrogens with one attached hydrogen (secondary N) is 2. The summed E-state index contributed by atoms with van der Waals surface area (Å²) in [5, 5.41) is 14.2. The van der Waals surface area contributed by atoms with Crippen molar-refractivity contribution in [1.82, 2.24) is 29.9 Å². The fourth-order valence-electron chi connectivity index (χ4n) is 2.82. The monoisotopic (exact) mass is 353 g/mol. The molecule has 0 aliphatic rings. The minimum Gasteiger partial charge on any atom is -0.328 e. The summed E-state index contributed by atoms with van der Waals surface area (Å²) in [6.07, 6.45) is 4.87. The average Bonchev–Trinajstić information content (AvgIpc) is 3.27. The van der Waals surface area contributed by atoms with Crippen molar-refractivity contribution in [3.05, 3.63) is 53.9 Å². The molecule has 26 heavy (non-hydrogen) atoms. The van der Waals surface area contributed by atoms with Crippen LogP contribution in [0.2, 0.25) is 0 Å². The average molecular weight is 353 g/mol. The van der Waals surface area contributed by atoms with Crippen LogP contribution in [-0.4, -0.2) is 49.5 Å². The van der Waals surface area contributed by atoms with Gasteiger partial charge in [-0.1, -0.05) is 6.07 Å². The highest BCUT2D eigenvalue weighted by Crippen LogP contribution is 2.15. The highest BCUT2D eigenvalue weighted by atomic mass is 16.2.